The molecule has 1 saturated carbocycles. The number of hydrogen-bond acceptors (Lipinski definition) is 3. The molecule has 0 saturated heterocycles. The van der Waals surface area contributed by atoms with Crippen LogP contribution in [0.15, 0.2) is 53.5 Å². The molecular formula is C24H28N2O2. The van der Waals surface area contributed by atoms with Crippen LogP contribution >= 0.6 is 0 Å². The van der Waals surface area contributed by atoms with Gasteiger partial charge in [-0.25, -0.2) is 0 Å². The zero-order valence-electron chi connectivity index (χ0n) is 16.4. The Morgan fingerprint density at radius 1 is 1.14 bits per heavy atom. The van der Waals surface area contributed by atoms with E-state index in [1.807, 2.05) is 18.2 Å². The van der Waals surface area contributed by atoms with E-state index < -0.39 is 0 Å². The highest BCUT2D eigenvalue weighted by Gasteiger charge is 2.26. The van der Waals surface area contributed by atoms with Crippen LogP contribution in [0, 0.1) is 5.92 Å². The molecule has 3 atom stereocenters. The minimum absolute atomic E-state index is 0.0184. The predicted octanol–water partition coefficient (Wildman–Crippen LogP) is 3.09. The zero-order valence-corrected chi connectivity index (χ0v) is 16.4. The summed E-state index contributed by atoms with van der Waals surface area (Å²) >= 11 is 0. The van der Waals surface area contributed by atoms with E-state index in [4.69, 9.17) is 15.5 Å². The predicted molar refractivity (Wildman–Crippen MR) is 111 cm³/mol. The number of carbonyl (C=O) groups is 1. The van der Waals surface area contributed by atoms with Crippen molar-refractivity contribution in [3.63, 3.8) is 0 Å². The van der Waals surface area contributed by atoms with Crippen LogP contribution in [0.25, 0.3) is 5.57 Å². The van der Waals surface area contributed by atoms with Gasteiger partial charge in [-0.3, -0.25) is 9.79 Å². The van der Waals surface area contributed by atoms with Gasteiger partial charge in [0.15, 0.2) is 0 Å². The van der Waals surface area contributed by atoms with E-state index in [0.717, 1.165) is 43.2 Å². The lowest BCUT2D eigenvalue weighted by Gasteiger charge is -2.27. The fourth-order valence-electron chi connectivity index (χ4n) is 4.53. The summed E-state index contributed by atoms with van der Waals surface area (Å²) in [4.78, 5) is 16.2. The molecule has 146 valence electrons. The van der Waals surface area contributed by atoms with Crippen molar-refractivity contribution < 1.29 is 9.53 Å². The van der Waals surface area contributed by atoms with Crippen molar-refractivity contribution in [3.05, 3.63) is 64.7 Å². The third-order valence-electron chi connectivity index (χ3n) is 6.03. The van der Waals surface area contributed by atoms with Gasteiger partial charge in [0.05, 0.1) is 11.4 Å². The molecule has 1 unspecified atom stereocenters. The van der Waals surface area contributed by atoms with Crippen LogP contribution in [-0.4, -0.2) is 18.6 Å². The van der Waals surface area contributed by atoms with Crippen molar-refractivity contribution in [3.8, 4) is 5.75 Å². The monoisotopic (exact) mass is 376 g/mol. The van der Waals surface area contributed by atoms with Crippen LogP contribution in [0.4, 0.5) is 0 Å². The number of rotatable bonds is 5. The first-order valence-electron chi connectivity index (χ1n) is 10.3. The van der Waals surface area contributed by atoms with E-state index in [1.54, 1.807) is 0 Å². The topological polar surface area (TPSA) is 64.7 Å². The number of nitrogens with two attached hydrogens (primary N) is 1. The van der Waals surface area contributed by atoms with Crippen molar-refractivity contribution in [2.45, 2.75) is 51.0 Å². The van der Waals surface area contributed by atoms with Gasteiger partial charge in [0.25, 0.3) is 0 Å². The average molecular weight is 377 g/mol. The molecular weight excluding hydrogens is 348 g/mol. The van der Waals surface area contributed by atoms with Gasteiger partial charge in [-0.1, -0.05) is 36.8 Å². The molecule has 4 heteroatoms. The Hall–Kier alpha value is -2.62. The maximum atomic E-state index is 11.5. The summed E-state index contributed by atoms with van der Waals surface area (Å²) in [5, 5.41) is 2.27. The summed E-state index contributed by atoms with van der Waals surface area (Å²) in [6.07, 6.45) is 4.92. The third-order valence-corrected chi connectivity index (χ3v) is 6.03. The highest BCUT2D eigenvalue weighted by Crippen LogP contribution is 2.36. The van der Waals surface area contributed by atoms with E-state index in [-0.39, 0.29) is 11.8 Å². The molecule has 2 aromatic rings. The van der Waals surface area contributed by atoms with Crippen LogP contribution in [-0.2, 0) is 4.79 Å². The minimum Gasteiger partial charge on any atom is -0.489 e. The second kappa shape index (κ2) is 8.17. The normalized spacial score (nSPS) is 24.2. The van der Waals surface area contributed by atoms with Crippen molar-refractivity contribution in [1.82, 2.24) is 0 Å². The van der Waals surface area contributed by atoms with Crippen molar-refractivity contribution in [2.75, 3.05) is 6.61 Å². The fraction of sp³-hybridized carbons (Fsp3) is 0.417. The molecule has 1 heterocycles. The molecule has 2 N–H and O–H groups in total. The van der Waals surface area contributed by atoms with E-state index >= 15 is 0 Å². The molecule has 0 radical (unpaired) electrons. The molecule has 1 amide bonds. The van der Waals surface area contributed by atoms with E-state index in [9.17, 15) is 4.79 Å². The first-order chi connectivity index (χ1) is 13.6. The molecule has 0 bridgehead atoms. The van der Waals surface area contributed by atoms with Crippen molar-refractivity contribution in [1.29, 1.82) is 0 Å². The van der Waals surface area contributed by atoms with Gasteiger partial charge in [0, 0.05) is 11.1 Å². The molecule has 0 spiro atoms. The molecule has 0 aromatic heterocycles. The van der Waals surface area contributed by atoms with Gasteiger partial charge in [-0.05, 0) is 67.9 Å². The number of benzene rings is 2. The largest absolute Gasteiger partial charge is 0.489 e. The van der Waals surface area contributed by atoms with E-state index in [1.165, 1.54) is 16.4 Å². The van der Waals surface area contributed by atoms with Crippen molar-refractivity contribution in [2.24, 2.45) is 16.6 Å². The Morgan fingerprint density at radius 2 is 1.93 bits per heavy atom. The molecule has 4 rings (SSSR count). The summed E-state index contributed by atoms with van der Waals surface area (Å²) in [6.45, 7) is 2.73. The van der Waals surface area contributed by atoms with Crippen LogP contribution in [0.2, 0.25) is 0 Å². The number of primary amides is 1. The molecule has 2 aliphatic rings. The molecule has 1 aliphatic carbocycles. The summed E-state index contributed by atoms with van der Waals surface area (Å²) in [6, 6.07) is 17.0. The van der Waals surface area contributed by atoms with Crippen LogP contribution in [0.1, 0.15) is 50.5 Å². The summed E-state index contributed by atoms with van der Waals surface area (Å²) in [5.74, 6) is 1.16. The molecule has 2 aromatic carbocycles. The third kappa shape index (κ3) is 4.11. The Kier molecular flexibility index (Phi) is 5.47. The summed E-state index contributed by atoms with van der Waals surface area (Å²) in [7, 11) is 0. The van der Waals surface area contributed by atoms with Gasteiger partial charge in [-0.2, -0.15) is 0 Å². The molecule has 4 nitrogen and oxygen atoms in total. The van der Waals surface area contributed by atoms with E-state index in [0.29, 0.717) is 18.6 Å². The first kappa shape index (κ1) is 18.7. The Labute approximate surface area is 166 Å². The second-order valence-electron chi connectivity index (χ2n) is 8.12. The minimum atomic E-state index is -0.157. The molecule has 1 aliphatic heterocycles. The Morgan fingerprint density at radius 3 is 2.71 bits per heavy atom. The van der Waals surface area contributed by atoms with Gasteiger partial charge in [0.1, 0.15) is 12.4 Å². The summed E-state index contributed by atoms with van der Waals surface area (Å²) < 4.78 is 6.10. The molecule has 28 heavy (non-hydrogen) atoms. The van der Waals surface area contributed by atoms with Crippen LogP contribution < -0.4 is 21.0 Å². The average Bonchev–Trinajstić information content (AvgIpc) is 2.72. The lowest BCUT2D eigenvalue weighted by molar-refractivity contribution is -0.122. The van der Waals surface area contributed by atoms with E-state index in [2.05, 4.69) is 37.3 Å². The quantitative estimate of drug-likeness (QED) is 0.871. The Bertz CT molecular complexity index is 965. The fourth-order valence-corrected chi connectivity index (χ4v) is 4.53. The highest BCUT2D eigenvalue weighted by atomic mass is 16.5. The standard InChI is InChI=1S/C24H28N2O2/c1-16-13-20(22-7-2-3-8-23(22)26-16)15-28-21-11-9-17(10-12-21)18-5-4-6-19(14-18)24(25)27/h2-3,7-12,16,18-19H,4-6,13-15H2,1H3,(H2,25,27)/t16?,18-,19+/m1/s1. The number of ether oxygens (including phenoxy) is 1. The molecule has 1 fully saturated rings. The second-order valence-corrected chi connectivity index (χ2v) is 8.12. The van der Waals surface area contributed by atoms with Crippen LogP contribution in [0.5, 0.6) is 5.75 Å². The number of nitrogens with zero attached hydrogens (tertiary/aromatic N) is 1. The number of carbonyl (C=O) groups excluding carboxylic acids is 1. The first-order valence-corrected chi connectivity index (χ1v) is 10.3. The number of fused-ring (bicyclic) bond motifs is 1. The maximum absolute atomic E-state index is 11.5. The number of amides is 1. The van der Waals surface area contributed by atoms with Crippen LogP contribution in [0.3, 0.4) is 0 Å². The smallest absolute Gasteiger partial charge is 0.220 e. The lowest BCUT2D eigenvalue weighted by Crippen LogP contribution is -2.34. The Balaban J connectivity index is 1.44. The van der Waals surface area contributed by atoms with Gasteiger partial charge in [-0.15, -0.1) is 0 Å². The highest BCUT2D eigenvalue weighted by molar-refractivity contribution is 5.76. The van der Waals surface area contributed by atoms with Crippen molar-refractivity contribution >= 4 is 11.5 Å². The maximum Gasteiger partial charge on any atom is 0.220 e. The lowest BCUT2D eigenvalue weighted by atomic mass is 9.78. The zero-order chi connectivity index (χ0) is 19.5. The van der Waals surface area contributed by atoms with Gasteiger partial charge in [0.2, 0.25) is 5.91 Å². The summed E-state index contributed by atoms with van der Waals surface area (Å²) in [5.41, 5.74) is 8.10. The number of hydrogen-bond donors (Lipinski definition) is 1. The SMILES string of the molecule is CC1CC(COc2ccc([C@@H]3CCC[C@H](C(N)=O)C3)cc2)=c2ccccc2=N1. The van der Waals surface area contributed by atoms with Gasteiger partial charge < -0.3 is 10.5 Å². The number of para-hydroxylation sites is 1. The van der Waals surface area contributed by atoms with Gasteiger partial charge >= 0.3 is 0 Å².